The van der Waals surface area contributed by atoms with Gasteiger partial charge in [0.1, 0.15) is 5.60 Å². The first-order chi connectivity index (χ1) is 12.9. The smallest absolute Gasteiger partial charge is 0.328 e. The first-order valence-electron chi connectivity index (χ1n) is 9.14. The lowest BCUT2D eigenvalue weighted by Crippen LogP contribution is -2.48. The van der Waals surface area contributed by atoms with Gasteiger partial charge in [0.15, 0.2) is 17.0 Å². The highest BCUT2D eigenvalue weighted by Crippen LogP contribution is 2.37. The predicted molar refractivity (Wildman–Crippen MR) is 108 cm³/mol. The van der Waals surface area contributed by atoms with Crippen molar-refractivity contribution >= 4 is 46.4 Å². The summed E-state index contributed by atoms with van der Waals surface area (Å²) in [5, 5.41) is 0. The maximum absolute atomic E-state index is 13.2. The monoisotopic (exact) mass is 430 g/mol. The molecule has 0 aliphatic rings. The Hall–Kier alpha value is -1.73. The van der Waals surface area contributed by atoms with Crippen molar-refractivity contribution in [3.8, 4) is 0 Å². The maximum Gasteiger partial charge on any atom is 0.328 e. The highest BCUT2D eigenvalue weighted by atomic mass is 35.5. The van der Waals surface area contributed by atoms with Crippen molar-refractivity contribution in [1.82, 2.24) is 0 Å². The Morgan fingerprint density at radius 2 is 1.75 bits per heavy atom. The van der Waals surface area contributed by atoms with Gasteiger partial charge in [0.25, 0.3) is 0 Å². The number of carbonyl (C=O) groups excluding carboxylic acids is 4. The maximum atomic E-state index is 13.2. The molecule has 1 heterocycles. The third-order valence-corrected chi connectivity index (χ3v) is 5.25. The van der Waals surface area contributed by atoms with E-state index in [1.165, 1.54) is 13.0 Å². The molecule has 0 amide bonds. The van der Waals surface area contributed by atoms with Gasteiger partial charge in [0, 0.05) is 6.42 Å². The first kappa shape index (κ1) is 24.3. The Morgan fingerprint density at radius 1 is 1.11 bits per heavy atom. The van der Waals surface area contributed by atoms with Gasteiger partial charge in [0.05, 0.1) is 15.8 Å². The van der Waals surface area contributed by atoms with Crippen molar-refractivity contribution < 1.29 is 28.7 Å². The van der Waals surface area contributed by atoms with Crippen LogP contribution in [0.1, 0.15) is 70.0 Å². The van der Waals surface area contributed by atoms with Crippen LogP contribution < -0.4 is 0 Å². The van der Waals surface area contributed by atoms with Crippen molar-refractivity contribution in [3.05, 3.63) is 21.3 Å². The Kier molecular flexibility index (Phi) is 8.82. The molecule has 0 radical (unpaired) electrons. The Morgan fingerprint density at radius 3 is 2.21 bits per heavy atom. The van der Waals surface area contributed by atoms with E-state index in [2.05, 4.69) is 0 Å². The van der Waals surface area contributed by atoms with Crippen molar-refractivity contribution in [3.63, 3.8) is 0 Å². The fourth-order valence-electron chi connectivity index (χ4n) is 2.69. The molecular formula is C20H27ClO6S. The van der Waals surface area contributed by atoms with Crippen LogP contribution in [0.3, 0.4) is 0 Å². The molecule has 0 fully saturated rings. The number of carbonyl (C=O) groups is 4. The molecular weight excluding hydrogens is 404 g/mol. The summed E-state index contributed by atoms with van der Waals surface area (Å²) in [6.45, 7) is 8.22. The SMILES string of the molecule is CCOC(=O)CCCCC(C(C)=O)(C(=O)OC(C)(C)C)C(=O)c1ccc(Cl)s1. The lowest BCUT2D eigenvalue weighted by Gasteiger charge is -2.31. The van der Waals surface area contributed by atoms with Gasteiger partial charge >= 0.3 is 11.9 Å². The largest absolute Gasteiger partial charge is 0.466 e. The molecule has 156 valence electrons. The zero-order valence-electron chi connectivity index (χ0n) is 16.9. The molecule has 0 aromatic carbocycles. The normalized spacial score (nSPS) is 13.5. The van der Waals surface area contributed by atoms with Crippen LogP contribution in [0.2, 0.25) is 4.34 Å². The van der Waals surface area contributed by atoms with E-state index < -0.39 is 28.6 Å². The fourth-order valence-corrected chi connectivity index (χ4v) is 3.75. The summed E-state index contributed by atoms with van der Waals surface area (Å²) in [5.74, 6) is -2.45. The molecule has 1 aromatic heterocycles. The van der Waals surface area contributed by atoms with Crippen molar-refractivity contribution in [1.29, 1.82) is 0 Å². The van der Waals surface area contributed by atoms with E-state index in [4.69, 9.17) is 21.1 Å². The Labute approximate surface area is 174 Å². The zero-order valence-corrected chi connectivity index (χ0v) is 18.5. The third-order valence-electron chi connectivity index (χ3n) is 4.02. The average Bonchev–Trinajstić information content (AvgIpc) is 2.99. The first-order valence-corrected chi connectivity index (χ1v) is 10.3. The average molecular weight is 431 g/mol. The van der Waals surface area contributed by atoms with Crippen LogP contribution in [0.4, 0.5) is 0 Å². The lowest BCUT2D eigenvalue weighted by atomic mass is 9.74. The molecule has 1 atom stereocenters. The molecule has 0 spiro atoms. The number of esters is 2. The van der Waals surface area contributed by atoms with E-state index >= 15 is 0 Å². The second-order valence-corrected chi connectivity index (χ2v) is 9.12. The van der Waals surface area contributed by atoms with Gasteiger partial charge in [-0.2, -0.15) is 0 Å². The number of thiophene rings is 1. The molecule has 6 nitrogen and oxygen atoms in total. The summed E-state index contributed by atoms with van der Waals surface area (Å²) in [7, 11) is 0. The van der Waals surface area contributed by atoms with Crippen LogP contribution in [0, 0.1) is 5.41 Å². The quantitative estimate of drug-likeness (QED) is 0.233. The van der Waals surface area contributed by atoms with Gasteiger partial charge in [-0.25, -0.2) is 0 Å². The summed E-state index contributed by atoms with van der Waals surface area (Å²) >= 11 is 6.93. The standard InChI is InChI=1S/C20H27ClO6S/c1-6-26-16(23)9-7-8-12-20(13(2)22,18(25)27-19(3,4)5)17(24)14-10-11-15(21)28-14/h10-11H,6-9,12H2,1-5H3. The summed E-state index contributed by atoms with van der Waals surface area (Å²) in [4.78, 5) is 50.6. The minimum atomic E-state index is -1.96. The second kappa shape index (κ2) is 10.2. The van der Waals surface area contributed by atoms with Crippen molar-refractivity contribution in [2.45, 2.75) is 65.9 Å². The summed E-state index contributed by atoms with van der Waals surface area (Å²) in [6, 6.07) is 3.04. The molecule has 0 aliphatic carbocycles. The number of halogens is 1. The molecule has 1 rings (SSSR count). The van der Waals surface area contributed by atoms with E-state index in [-0.39, 0.29) is 30.3 Å². The third kappa shape index (κ3) is 6.41. The molecule has 0 bridgehead atoms. The zero-order chi connectivity index (χ0) is 21.5. The van der Waals surface area contributed by atoms with E-state index in [9.17, 15) is 19.2 Å². The van der Waals surface area contributed by atoms with Gasteiger partial charge in [0.2, 0.25) is 0 Å². The summed E-state index contributed by atoms with van der Waals surface area (Å²) in [6.07, 6.45) is 0.789. The summed E-state index contributed by atoms with van der Waals surface area (Å²) < 4.78 is 10.7. The van der Waals surface area contributed by atoms with Crippen molar-refractivity contribution in [2.24, 2.45) is 5.41 Å². The number of unbranched alkanes of at least 4 members (excludes halogenated alkanes) is 1. The van der Waals surface area contributed by atoms with E-state index in [0.717, 1.165) is 11.3 Å². The van der Waals surface area contributed by atoms with E-state index in [0.29, 0.717) is 17.2 Å². The van der Waals surface area contributed by atoms with Crippen molar-refractivity contribution in [2.75, 3.05) is 6.61 Å². The molecule has 28 heavy (non-hydrogen) atoms. The fraction of sp³-hybridized carbons (Fsp3) is 0.600. The Bertz CT molecular complexity index is 733. The molecule has 8 heteroatoms. The number of ether oxygens (including phenoxy) is 2. The van der Waals surface area contributed by atoms with Crippen LogP contribution in [0.25, 0.3) is 0 Å². The number of Topliss-reactive ketones (excluding diaryl/α,β-unsaturated/α-hetero) is 2. The molecule has 1 aromatic rings. The van der Waals surface area contributed by atoms with Gasteiger partial charge in [-0.05, 0) is 59.6 Å². The molecule has 0 saturated heterocycles. The molecule has 1 unspecified atom stereocenters. The lowest BCUT2D eigenvalue weighted by molar-refractivity contribution is -0.167. The Balaban J connectivity index is 3.15. The van der Waals surface area contributed by atoms with Gasteiger partial charge in [-0.15, -0.1) is 11.3 Å². The highest BCUT2D eigenvalue weighted by Gasteiger charge is 2.52. The van der Waals surface area contributed by atoms with Gasteiger partial charge in [-0.1, -0.05) is 18.0 Å². The molecule has 0 N–H and O–H groups in total. The number of hydrogen-bond acceptors (Lipinski definition) is 7. The predicted octanol–water partition coefficient (Wildman–Crippen LogP) is 4.62. The van der Waals surface area contributed by atoms with Gasteiger partial charge < -0.3 is 9.47 Å². The van der Waals surface area contributed by atoms with E-state index in [1.54, 1.807) is 33.8 Å². The number of ketones is 2. The van der Waals surface area contributed by atoms with Crippen LogP contribution >= 0.6 is 22.9 Å². The highest BCUT2D eigenvalue weighted by molar-refractivity contribution is 7.18. The van der Waals surface area contributed by atoms with Crippen LogP contribution in [-0.4, -0.2) is 35.7 Å². The van der Waals surface area contributed by atoms with Crippen LogP contribution in [0.15, 0.2) is 12.1 Å². The number of rotatable bonds is 10. The minimum Gasteiger partial charge on any atom is -0.466 e. The van der Waals surface area contributed by atoms with E-state index in [1.807, 2.05) is 0 Å². The number of hydrogen-bond donors (Lipinski definition) is 0. The van der Waals surface area contributed by atoms with Crippen LogP contribution in [0.5, 0.6) is 0 Å². The summed E-state index contributed by atoms with van der Waals surface area (Å²) in [5.41, 5.74) is -2.83. The topological polar surface area (TPSA) is 86.7 Å². The molecule has 0 aliphatic heterocycles. The minimum absolute atomic E-state index is 0.0506. The second-order valence-electron chi connectivity index (χ2n) is 7.41. The van der Waals surface area contributed by atoms with Crippen LogP contribution in [-0.2, 0) is 23.9 Å². The molecule has 0 saturated carbocycles. The van der Waals surface area contributed by atoms with Gasteiger partial charge in [-0.3, -0.25) is 19.2 Å².